The van der Waals surface area contributed by atoms with Gasteiger partial charge in [0, 0.05) is 51.6 Å². The van der Waals surface area contributed by atoms with E-state index in [2.05, 4.69) is 0 Å². The summed E-state index contributed by atoms with van der Waals surface area (Å²) in [6.45, 7) is 4.10. The molecule has 29 heavy (non-hydrogen) atoms. The molecule has 3 rings (SSSR count). The zero-order valence-electron chi connectivity index (χ0n) is 16.3. The van der Waals surface area contributed by atoms with Gasteiger partial charge in [0.15, 0.2) is 11.6 Å². The number of nitrogens with zero attached hydrogens (tertiary/aromatic N) is 3. The molecule has 0 aliphatic carbocycles. The van der Waals surface area contributed by atoms with Crippen LogP contribution in [0.4, 0.5) is 8.78 Å². The van der Waals surface area contributed by atoms with E-state index in [1.54, 1.807) is 9.80 Å². The molecule has 0 spiro atoms. The van der Waals surface area contributed by atoms with E-state index >= 15 is 0 Å². The van der Waals surface area contributed by atoms with Gasteiger partial charge in [-0.2, -0.15) is 4.31 Å². The van der Waals surface area contributed by atoms with E-state index in [1.807, 2.05) is 6.92 Å². The van der Waals surface area contributed by atoms with Gasteiger partial charge < -0.3 is 9.80 Å². The molecule has 0 saturated carbocycles. The molecule has 0 atom stereocenters. The van der Waals surface area contributed by atoms with Crippen LogP contribution in [0, 0.1) is 17.6 Å². The highest BCUT2D eigenvalue weighted by atomic mass is 32.2. The predicted molar refractivity (Wildman–Crippen MR) is 101 cm³/mol. The summed E-state index contributed by atoms with van der Waals surface area (Å²) in [5, 5.41) is 0. The van der Waals surface area contributed by atoms with Gasteiger partial charge in [-0.15, -0.1) is 0 Å². The molecule has 0 radical (unpaired) electrons. The first kappa shape index (κ1) is 21.6. The van der Waals surface area contributed by atoms with Crippen molar-refractivity contribution in [2.75, 3.05) is 39.3 Å². The van der Waals surface area contributed by atoms with E-state index in [9.17, 15) is 26.8 Å². The lowest BCUT2D eigenvalue weighted by molar-refractivity contribution is -0.142. The Morgan fingerprint density at radius 3 is 2.10 bits per heavy atom. The summed E-state index contributed by atoms with van der Waals surface area (Å²) >= 11 is 0. The third kappa shape index (κ3) is 4.58. The molecule has 160 valence electrons. The Labute approximate surface area is 169 Å². The molecule has 0 N–H and O–H groups in total. The van der Waals surface area contributed by atoms with Crippen LogP contribution < -0.4 is 0 Å². The maximum absolute atomic E-state index is 13.4. The molecule has 2 aliphatic heterocycles. The number of hydrogen-bond donors (Lipinski definition) is 0. The smallest absolute Gasteiger partial charge is 0.243 e. The van der Waals surface area contributed by atoms with Gasteiger partial charge in [0.05, 0.1) is 4.90 Å². The van der Waals surface area contributed by atoms with Gasteiger partial charge in [0.1, 0.15) is 0 Å². The number of halogens is 2. The largest absolute Gasteiger partial charge is 0.339 e. The van der Waals surface area contributed by atoms with E-state index in [4.69, 9.17) is 0 Å². The van der Waals surface area contributed by atoms with Crippen LogP contribution >= 0.6 is 0 Å². The molecule has 2 amide bonds. The molecule has 2 aliphatic rings. The zero-order valence-corrected chi connectivity index (χ0v) is 17.1. The monoisotopic (exact) mass is 429 g/mol. The Bertz CT molecular complexity index is 877. The normalized spacial score (nSPS) is 19.4. The van der Waals surface area contributed by atoms with Crippen LogP contribution in [-0.2, 0) is 19.6 Å². The highest BCUT2D eigenvalue weighted by Crippen LogP contribution is 2.26. The van der Waals surface area contributed by atoms with E-state index < -0.39 is 21.7 Å². The van der Waals surface area contributed by atoms with Crippen molar-refractivity contribution >= 4 is 21.8 Å². The standard InChI is InChI=1S/C19H25F2N3O4S/c1-2-18(25)22-9-11-23(12-10-22)19(26)14-5-7-24(8-6-14)29(27,28)15-3-4-16(20)17(21)13-15/h3-4,13-14H,2,5-12H2,1H3. The van der Waals surface area contributed by atoms with E-state index in [0.717, 1.165) is 12.1 Å². The van der Waals surface area contributed by atoms with Gasteiger partial charge in [0.2, 0.25) is 21.8 Å². The number of hydrogen-bond acceptors (Lipinski definition) is 4. The minimum Gasteiger partial charge on any atom is -0.339 e. The fourth-order valence-corrected chi connectivity index (χ4v) is 5.27. The first-order valence-corrected chi connectivity index (χ1v) is 11.2. The lowest BCUT2D eigenvalue weighted by Crippen LogP contribution is -2.53. The summed E-state index contributed by atoms with van der Waals surface area (Å²) in [6.07, 6.45) is 1.19. The molecule has 0 bridgehead atoms. The Hall–Kier alpha value is -2.07. The van der Waals surface area contributed by atoms with Gasteiger partial charge >= 0.3 is 0 Å². The molecule has 0 aromatic heterocycles. The summed E-state index contributed by atoms with van der Waals surface area (Å²) in [7, 11) is -3.94. The molecule has 0 unspecified atom stereocenters. The summed E-state index contributed by atoms with van der Waals surface area (Å²) in [5.41, 5.74) is 0. The van der Waals surface area contributed by atoms with Crippen molar-refractivity contribution in [3.8, 4) is 0 Å². The van der Waals surface area contributed by atoms with Crippen LogP contribution in [0.2, 0.25) is 0 Å². The highest BCUT2D eigenvalue weighted by molar-refractivity contribution is 7.89. The quantitative estimate of drug-likeness (QED) is 0.726. The Kier molecular flexibility index (Phi) is 6.52. The summed E-state index contributed by atoms with van der Waals surface area (Å²) in [6, 6.07) is 2.52. The first-order valence-electron chi connectivity index (χ1n) is 9.75. The van der Waals surface area contributed by atoms with Gasteiger partial charge in [-0.1, -0.05) is 6.92 Å². The topological polar surface area (TPSA) is 78.0 Å². The fourth-order valence-electron chi connectivity index (χ4n) is 3.79. The van der Waals surface area contributed by atoms with Crippen LogP contribution in [0.3, 0.4) is 0 Å². The SMILES string of the molecule is CCC(=O)N1CCN(C(=O)C2CCN(S(=O)(=O)c3ccc(F)c(F)c3)CC2)CC1. The van der Waals surface area contributed by atoms with Gasteiger partial charge in [-0.25, -0.2) is 17.2 Å². The number of piperazine rings is 1. The molecule has 1 aromatic rings. The number of sulfonamides is 1. The molecule has 10 heteroatoms. The summed E-state index contributed by atoms with van der Waals surface area (Å²) in [4.78, 5) is 27.7. The van der Waals surface area contributed by atoms with Crippen LogP contribution in [0.15, 0.2) is 23.1 Å². The molecule has 1 aromatic carbocycles. The number of carbonyl (C=O) groups is 2. The second-order valence-corrected chi connectivity index (χ2v) is 9.25. The number of piperidine rings is 1. The predicted octanol–water partition coefficient (Wildman–Crippen LogP) is 1.45. The number of amides is 2. The molecular formula is C19H25F2N3O4S. The van der Waals surface area contributed by atoms with Crippen LogP contribution in [0.25, 0.3) is 0 Å². The Morgan fingerprint density at radius 2 is 1.55 bits per heavy atom. The molecule has 2 fully saturated rings. The van der Waals surface area contributed by atoms with Crippen molar-refractivity contribution in [3.05, 3.63) is 29.8 Å². The minimum atomic E-state index is -3.94. The Balaban J connectivity index is 1.57. The van der Waals surface area contributed by atoms with E-state index in [1.165, 1.54) is 4.31 Å². The van der Waals surface area contributed by atoms with Crippen molar-refractivity contribution < 1.29 is 26.8 Å². The number of rotatable bonds is 4. The van der Waals surface area contributed by atoms with Crippen molar-refractivity contribution in [2.45, 2.75) is 31.1 Å². The zero-order chi connectivity index (χ0) is 21.2. The summed E-state index contributed by atoms with van der Waals surface area (Å²) in [5.74, 6) is -2.53. The van der Waals surface area contributed by atoms with Gasteiger partial charge in [-0.3, -0.25) is 9.59 Å². The van der Waals surface area contributed by atoms with Crippen LogP contribution in [0.1, 0.15) is 26.2 Å². The van der Waals surface area contributed by atoms with Crippen molar-refractivity contribution in [2.24, 2.45) is 5.92 Å². The molecule has 7 nitrogen and oxygen atoms in total. The van der Waals surface area contributed by atoms with E-state index in [0.29, 0.717) is 51.5 Å². The van der Waals surface area contributed by atoms with Crippen molar-refractivity contribution in [1.29, 1.82) is 0 Å². The lowest BCUT2D eigenvalue weighted by atomic mass is 9.96. The molecule has 2 heterocycles. The maximum Gasteiger partial charge on any atom is 0.243 e. The van der Waals surface area contributed by atoms with Crippen molar-refractivity contribution in [1.82, 2.24) is 14.1 Å². The average molecular weight is 429 g/mol. The summed E-state index contributed by atoms with van der Waals surface area (Å²) < 4.78 is 53.0. The second-order valence-electron chi connectivity index (χ2n) is 7.31. The van der Waals surface area contributed by atoms with Gasteiger partial charge in [-0.05, 0) is 31.0 Å². The average Bonchev–Trinajstić information content (AvgIpc) is 2.74. The highest BCUT2D eigenvalue weighted by Gasteiger charge is 2.35. The van der Waals surface area contributed by atoms with Gasteiger partial charge in [0.25, 0.3) is 0 Å². The van der Waals surface area contributed by atoms with Crippen molar-refractivity contribution in [3.63, 3.8) is 0 Å². The maximum atomic E-state index is 13.4. The first-order chi connectivity index (χ1) is 13.7. The molecular weight excluding hydrogens is 404 g/mol. The third-order valence-electron chi connectivity index (χ3n) is 5.58. The fraction of sp³-hybridized carbons (Fsp3) is 0.579. The van der Waals surface area contributed by atoms with Crippen LogP contribution in [0.5, 0.6) is 0 Å². The number of benzene rings is 1. The lowest BCUT2D eigenvalue weighted by Gasteiger charge is -2.38. The van der Waals surface area contributed by atoms with Crippen LogP contribution in [-0.4, -0.2) is 73.6 Å². The van der Waals surface area contributed by atoms with E-state index in [-0.39, 0.29) is 35.7 Å². The second kappa shape index (κ2) is 8.74. The Morgan fingerprint density at radius 1 is 0.966 bits per heavy atom. The minimum absolute atomic E-state index is 0.0153. The third-order valence-corrected chi connectivity index (χ3v) is 7.47. The number of carbonyl (C=O) groups excluding carboxylic acids is 2. The molecule has 2 saturated heterocycles.